The van der Waals surface area contributed by atoms with Gasteiger partial charge in [0.15, 0.2) is 0 Å². The number of carbonyl (C=O) groups excluding carboxylic acids is 1. The predicted octanol–water partition coefficient (Wildman–Crippen LogP) is 5.34. The standard InChI is InChI=1S/C20H17BrClN5OS/c1-11-16(18(28)24-15-8-6-14(22)7-9-15)17(12-4-3-5-13(21)10-12)27-19(23-11)25-20(26-27)29-2/h3-10,17H,1-2H3,(H,24,28)(H,23,25,26)/t17-/m1/s1. The molecule has 0 bridgehead atoms. The van der Waals surface area contributed by atoms with Crippen LogP contribution in [0, 0.1) is 0 Å². The molecule has 0 saturated carbocycles. The summed E-state index contributed by atoms with van der Waals surface area (Å²) >= 11 is 10.9. The minimum Gasteiger partial charge on any atom is -0.328 e. The zero-order valence-corrected chi connectivity index (χ0v) is 18.8. The maximum Gasteiger partial charge on any atom is 0.255 e. The van der Waals surface area contributed by atoms with Crippen molar-refractivity contribution in [3.05, 3.63) is 74.9 Å². The molecule has 29 heavy (non-hydrogen) atoms. The van der Waals surface area contributed by atoms with Crippen LogP contribution in [0.25, 0.3) is 0 Å². The number of hydrogen-bond acceptors (Lipinski definition) is 5. The highest BCUT2D eigenvalue weighted by molar-refractivity contribution is 9.10. The molecule has 1 atom stereocenters. The van der Waals surface area contributed by atoms with E-state index in [-0.39, 0.29) is 5.91 Å². The molecule has 1 aliphatic heterocycles. The number of nitrogens with one attached hydrogen (secondary N) is 2. The van der Waals surface area contributed by atoms with E-state index in [1.165, 1.54) is 11.8 Å². The number of hydrogen-bond donors (Lipinski definition) is 2. The SMILES string of the molecule is CSc1nc2n(n1)[C@H](c1cccc(Br)c1)C(C(=O)Nc1ccc(Cl)cc1)=C(C)N2. The van der Waals surface area contributed by atoms with E-state index in [1.807, 2.05) is 37.4 Å². The molecule has 0 aliphatic carbocycles. The summed E-state index contributed by atoms with van der Waals surface area (Å²) < 4.78 is 2.69. The van der Waals surface area contributed by atoms with Crippen molar-refractivity contribution in [1.29, 1.82) is 0 Å². The average Bonchev–Trinajstić information content (AvgIpc) is 3.11. The van der Waals surface area contributed by atoms with Gasteiger partial charge in [-0.2, -0.15) is 4.98 Å². The Bertz CT molecular complexity index is 1110. The number of rotatable bonds is 4. The molecule has 0 saturated heterocycles. The number of nitrogens with zero attached hydrogens (tertiary/aromatic N) is 3. The topological polar surface area (TPSA) is 71.8 Å². The molecule has 1 aliphatic rings. The van der Waals surface area contributed by atoms with Gasteiger partial charge in [-0.25, -0.2) is 4.68 Å². The van der Waals surface area contributed by atoms with Crippen LogP contribution in [-0.2, 0) is 4.79 Å². The minimum absolute atomic E-state index is 0.214. The van der Waals surface area contributed by atoms with E-state index in [4.69, 9.17) is 11.6 Å². The average molecular weight is 491 g/mol. The van der Waals surface area contributed by atoms with E-state index in [0.717, 1.165) is 15.7 Å². The minimum atomic E-state index is -0.413. The van der Waals surface area contributed by atoms with E-state index < -0.39 is 6.04 Å². The van der Waals surface area contributed by atoms with Gasteiger partial charge in [0, 0.05) is 20.9 Å². The summed E-state index contributed by atoms with van der Waals surface area (Å²) in [7, 11) is 0. The summed E-state index contributed by atoms with van der Waals surface area (Å²) in [5.74, 6) is 0.397. The Morgan fingerprint density at radius 1 is 1.28 bits per heavy atom. The van der Waals surface area contributed by atoms with Crippen LogP contribution in [0.5, 0.6) is 0 Å². The fourth-order valence-corrected chi connectivity index (χ4v) is 4.12. The Kier molecular flexibility index (Phi) is 5.67. The largest absolute Gasteiger partial charge is 0.328 e. The zero-order valence-electron chi connectivity index (χ0n) is 15.6. The van der Waals surface area contributed by atoms with Crippen LogP contribution in [0.15, 0.2) is 69.4 Å². The van der Waals surface area contributed by atoms with Crippen LogP contribution in [0.1, 0.15) is 18.5 Å². The first-order valence-corrected chi connectivity index (χ1v) is 11.2. The maximum atomic E-state index is 13.3. The van der Waals surface area contributed by atoms with Crippen molar-refractivity contribution < 1.29 is 4.79 Å². The Balaban J connectivity index is 1.78. The molecule has 3 aromatic rings. The first-order valence-electron chi connectivity index (χ1n) is 8.77. The number of thioether (sulfide) groups is 1. The van der Waals surface area contributed by atoms with Crippen molar-refractivity contribution in [2.45, 2.75) is 18.1 Å². The van der Waals surface area contributed by atoms with Gasteiger partial charge in [-0.15, -0.1) is 5.10 Å². The second-order valence-electron chi connectivity index (χ2n) is 6.45. The summed E-state index contributed by atoms with van der Waals surface area (Å²) in [4.78, 5) is 17.8. The third-order valence-electron chi connectivity index (χ3n) is 4.53. The fraction of sp³-hybridized carbons (Fsp3) is 0.150. The lowest BCUT2D eigenvalue weighted by molar-refractivity contribution is -0.113. The molecule has 0 radical (unpaired) electrons. The number of carbonyl (C=O) groups is 1. The number of allylic oxidation sites excluding steroid dienone is 1. The number of aromatic nitrogens is 3. The van der Waals surface area contributed by atoms with Crippen molar-refractivity contribution in [2.75, 3.05) is 16.9 Å². The smallest absolute Gasteiger partial charge is 0.255 e. The molecule has 4 rings (SSSR count). The van der Waals surface area contributed by atoms with Crippen LogP contribution in [0.2, 0.25) is 5.02 Å². The molecule has 0 unspecified atom stereocenters. The lowest BCUT2D eigenvalue weighted by atomic mass is 9.95. The molecule has 9 heteroatoms. The van der Waals surface area contributed by atoms with E-state index in [9.17, 15) is 4.79 Å². The summed E-state index contributed by atoms with van der Waals surface area (Å²) in [5, 5.41) is 12.0. The normalized spacial score (nSPS) is 15.7. The van der Waals surface area contributed by atoms with Gasteiger partial charge < -0.3 is 10.6 Å². The monoisotopic (exact) mass is 489 g/mol. The summed E-state index contributed by atoms with van der Waals surface area (Å²) in [6, 6.07) is 14.5. The van der Waals surface area contributed by atoms with Gasteiger partial charge >= 0.3 is 0 Å². The highest BCUT2D eigenvalue weighted by Crippen LogP contribution is 2.37. The number of anilines is 2. The van der Waals surface area contributed by atoms with Crippen LogP contribution >= 0.6 is 39.3 Å². The van der Waals surface area contributed by atoms with Crippen LogP contribution in [0.3, 0.4) is 0 Å². The quantitative estimate of drug-likeness (QED) is 0.483. The molecule has 148 valence electrons. The molecule has 2 heterocycles. The van der Waals surface area contributed by atoms with Gasteiger partial charge in [-0.05, 0) is 55.1 Å². The van der Waals surface area contributed by atoms with Gasteiger partial charge in [0.1, 0.15) is 6.04 Å². The molecule has 2 aromatic carbocycles. The van der Waals surface area contributed by atoms with Crippen molar-refractivity contribution in [3.8, 4) is 0 Å². The summed E-state index contributed by atoms with van der Waals surface area (Å²) in [6.45, 7) is 1.87. The number of benzene rings is 2. The first kappa shape index (κ1) is 20.0. The Morgan fingerprint density at radius 3 is 2.72 bits per heavy atom. The van der Waals surface area contributed by atoms with Crippen molar-refractivity contribution in [1.82, 2.24) is 14.8 Å². The highest BCUT2D eigenvalue weighted by atomic mass is 79.9. The van der Waals surface area contributed by atoms with Gasteiger partial charge in [0.2, 0.25) is 11.1 Å². The van der Waals surface area contributed by atoms with Gasteiger partial charge in [-0.3, -0.25) is 4.79 Å². The second kappa shape index (κ2) is 8.22. The van der Waals surface area contributed by atoms with E-state index in [2.05, 4.69) is 36.6 Å². The van der Waals surface area contributed by atoms with Crippen molar-refractivity contribution >= 4 is 56.8 Å². The van der Waals surface area contributed by atoms with Crippen LogP contribution in [0.4, 0.5) is 11.6 Å². The lowest BCUT2D eigenvalue weighted by Crippen LogP contribution is -2.31. The highest BCUT2D eigenvalue weighted by Gasteiger charge is 2.34. The Labute approximate surface area is 185 Å². The fourth-order valence-electron chi connectivity index (χ4n) is 3.23. The molecule has 1 amide bonds. The zero-order chi connectivity index (χ0) is 20.5. The maximum absolute atomic E-state index is 13.3. The van der Waals surface area contributed by atoms with Crippen LogP contribution < -0.4 is 10.6 Å². The molecular formula is C20H17BrClN5OS. The first-order chi connectivity index (χ1) is 14.0. The molecule has 0 spiro atoms. The number of fused-ring (bicyclic) bond motifs is 1. The van der Waals surface area contributed by atoms with Crippen molar-refractivity contribution in [2.24, 2.45) is 0 Å². The third-order valence-corrected chi connectivity index (χ3v) is 5.81. The van der Waals surface area contributed by atoms with Crippen molar-refractivity contribution in [3.63, 3.8) is 0 Å². The molecule has 1 aromatic heterocycles. The lowest BCUT2D eigenvalue weighted by Gasteiger charge is -2.28. The second-order valence-corrected chi connectivity index (χ2v) is 8.57. The Hall–Kier alpha value is -2.29. The molecule has 0 fully saturated rings. The van der Waals surface area contributed by atoms with Gasteiger partial charge in [0.25, 0.3) is 5.91 Å². The summed E-state index contributed by atoms with van der Waals surface area (Å²) in [6.07, 6.45) is 1.92. The summed E-state index contributed by atoms with van der Waals surface area (Å²) in [5.41, 5.74) is 2.90. The predicted molar refractivity (Wildman–Crippen MR) is 120 cm³/mol. The Morgan fingerprint density at radius 2 is 2.03 bits per heavy atom. The number of amides is 1. The third kappa shape index (κ3) is 4.05. The van der Waals surface area contributed by atoms with E-state index in [0.29, 0.717) is 27.4 Å². The molecule has 2 N–H and O–H groups in total. The molecule has 6 nitrogen and oxygen atoms in total. The van der Waals surface area contributed by atoms with Crippen LogP contribution in [-0.4, -0.2) is 26.9 Å². The molecular weight excluding hydrogens is 474 g/mol. The van der Waals surface area contributed by atoms with Gasteiger partial charge in [0.05, 0.1) is 5.57 Å². The van der Waals surface area contributed by atoms with Gasteiger partial charge in [-0.1, -0.05) is 51.4 Å². The van der Waals surface area contributed by atoms with E-state index in [1.54, 1.807) is 28.9 Å². The number of halogens is 2. The van der Waals surface area contributed by atoms with E-state index >= 15 is 0 Å².